The Bertz CT molecular complexity index is 431. The molecule has 0 radical (unpaired) electrons. The first-order valence-corrected chi connectivity index (χ1v) is 6.60. The molecular weight excluding hydrogens is 256 g/mol. The minimum atomic E-state index is 0.471. The second-order valence-electron chi connectivity index (χ2n) is 3.83. The highest BCUT2D eigenvalue weighted by Gasteiger charge is 2.15. The lowest BCUT2D eigenvalue weighted by molar-refractivity contribution is 0.645. The summed E-state index contributed by atoms with van der Waals surface area (Å²) < 4.78 is 1.38. The Labute approximate surface area is 97.1 Å². The summed E-state index contributed by atoms with van der Waals surface area (Å²) in [6.45, 7) is 4.48. The highest BCUT2D eigenvalue weighted by molar-refractivity contribution is 9.09. The molecule has 0 saturated heterocycles. The van der Waals surface area contributed by atoms with Crippen molar-refractivity contribution in [1.29, 1.82) is 0 Å². The minimum absolute atomic E-state index is 0.471. The van der Waals surface area contributed by atoms with Crippen molar-refractivity contribution in [2.75, 3.05) is 0 Å². The smallest absolute Gasteiger partial charge is 0.0432 e. The van der Waals surface area contributed by atoms with Crippen molar-refractivity contribution in [3.05, 3.63) is 35.2 Å². The molecule has 2 heteroatoms. The minimum Gasteiger partial charge on any atom is -0.143 e. The van der Waals surface area contributed by atoms with E-state index in [9.17, 15) is 0 Å². The van der Waals surface area contributed by atoms with Gasteiger partial charge in [-0.25, -0.2) is 0 Å². The van der Waals surface area contributed by atoms with Crippen molar-refractivity contribution < 1.29 is 0 Å². The lowest BCUT2D eigenvalue weighted by Crippen LogP contribution is -1.97. The molecule has 1 heterocycles. The standard InChI is InChI=1S/C12H13BrS/c1-8(2)12(13)10-7-14-11-6-4-3-5-9(10)11/h3-8,12H,1-2H3. The van der Waals surface area contributed by atoms with Gasteiger partial charge in [-0.15, -0.1) is 11.3 Å². The van der Waals surface area contributed by atoms with Crippen molar-refractivity contribution >= 4 is 37.4 Å². The van der Waals surface area contributed by atoms with Gasteiger partial charge in [0.15, 0.2) is 0 Å². The number of hydrogen-bond donors (Lipinski definition) is 0. The lowest BCUT2D eigenvalue weighted by atomic mass is 10.0. The first-order valence-electron chi connectivity index (χ1n) is 4.80. The SMILES string of the molecule is CC(C)C(Br)c1csc2ccccc12. The molecule has 0 spiro atoms. The average Bonchev–Trinajstić information content (AvgIpc) is 2.60. The number of halogens is 1. The molecule has 0 N–H and O–H groups in total. The number of thiophene rings is 1. The zero-order chi connectivity index (χ0) is 10.1. The van der Waals surface area contributed by atoms with E-state index in [1.165, 1.54) is 15.6 Å². The Morgan fingerprint density at radius 1 is 1.21 bits per heavy atom. The first-order chi connectivity index (χ1) is 6.70. The van der Waals surface area contributed by atoms with Gasteiger partial charge in [-0.1, -0.05) is 48.0 Å². The molecule has 0 fully saturated rings. The monoisotopic (exact) mass is 268 g/mol. The van der Waals surface area contributed by atoms with Crippen LogP contribution in [0.5, 0.6) is 0 Å². The van der Waals surface area contributed by atoms with Crippen molar-refractivity contribution in [1.82, 2.24) is 0 Å². The fourth-order valence-electron chi connectivity index (χ4n) is 1.57. The molecule has 1 aromatic carbocycles. The zero-order valence-corrected chi connectivity index (χ0v) is 10.7. The molecule has 0 nitrogen and oxygen atoms in total. The Hall–Kier alpha value is -0.340. The van der Waals surface area contributed by atoms with E-state index >= 15 is 0 Å². The van der Waals surface area contributed by atoms with Crippen LogP contribution in [0.2, 0.25) is 0 Å². The average molecular weight is 269 g/mol. The van der Waals surface area contributed by atoms with Crippen LogP contribution in [-0.4, -0.2) is 0 Å². The maximum atomic E-state index is 3.76. The summed E-state index contributed by atoms with van der Waals surface area (Å²) >= 11 is 5.59. The highest BCUT2D eigenvalue weighted by Crippen LogP contribution is 2.38. The summed E-state index contributed by atoms with van der Waals surface area (Å²) in [4.78, 5) is 0.471. The summed E-state index contributed by atoms with van der Waals surface area (Å²) in [5.74, 6) is 0.632. The quantitative estimate of drug-likeness (QED) is 0.673. The molecule has 1 atom stereocenters. The number of benzene rings is 1. The van der Waals surface area contributed by atoms with Crippen molar-refractivity contribution in [3.8, 4) is 0 Å². The second kappa shape index (κ2) is 4.03. The van der Waals surface area contributed by atoms with E-state index in [4.69, 9.17) is 0 Å². The third-order valence-electron chi connectivity index (χ3n) is 2.39. The fourth-order valence-corrected chi connectivity index (χ4v) is 3.12. The summed E-state index contributed by atoms with van der Waals surface area (Å²) in [6, 6.07) is 8.60. The molecule has 74 valence electrons. The van der Waals surface area contributed by atoms with Crippen LogP contribution >= 0.6 is 27.3 Å². The lowest BCUT2D eigenvalue weighted by Gasteiger charge is -2.12. The molecule has 2 aromatic rings. The summed E-state index contributed by atoms with van der Waals surface area (Å²) in [5.41, 5.74) is 1.43. The predicted octanol–water partition coefficient (Wildman–Crippen LogP) is 4.99. The van der Waals surface area contributed by atoms with E-state index in [2.05, 4.69) is 59.4 Å². The Morgan fingerprint density at radius 3 is 2.64 bits per heavy atom. The van der Waals surface area contributed by atoms with Gasteiger partial charge in [0.2, 0.25) is 0 Å². The van der Waals surface area contributed by atoms with Gasteiger partial charge in [0, 0.05) is 9.53 Å². The Morgan fingerprint density at radius 2 is 1.93 bits per heavy atom. The summed E-state index contributed by atoms with van der Waals surface area (Å²) in [5, 5.41) is 3.66. The van der Waals surface area contributed by atoms with Crippen molar-refractivity contribution in [3.63, 3.8) is 0 Å². The molecule has 0 aliphatic carbocycles. The third kappa shape index (κ3) is 1.73. The highest BCUT2D eigenvalue weighted by atomic mass is 79.9. The van der Waals surface area contributed by atoms with E-state index < -0.39 is 0 Å². The maximum Gasteiger partial charge on any atom is 0.0432 e. The molecule has 2 rings (SSSR count). The van der Waals surface area contributed by atoms with Crippen LogP contribution in [0.3, 0.4) is 0 Å². The summed E-state index contributed by atoms with van der Waals surface area (Å²) in [6.07, 6.45) is 0. The van der Waals surface area contributed by atoms with Gasteiger partial charge in [-0.05, 0) is 28.3 Å². The van der Waals surface area contributed by atoms with Crippen LogP contribution in [0.25, 0.3) is 10.1 Å². The molecule has 0 aliphatic heterocycles. The second-order valence-corrected chi connectivity index (χ2v) is 5.73. The van der Waals surface area contributed by atoms with E-state index in [1.54, 1.807) is 0 Å². The van der Waals surface area contributed by atoms with Gasteiger partial charge < -0.3 is 0 Å². The fraction of sp³-hybridized carbons (Fsp3) is 0.333. The number of alkyl halides is 1. The van der Waals surface area contributed by atoms with Gasteiger partial charge in [0.25, 0.3) is 0 Å². The molecule has 0 aliphatic rings. The van der Waals surface area contributed by atoms with Gasteiger partial charge in [-0.3, -0.25) is 0 Å². The number of hydrogen-bond acceptors (Lipinski definition) is 1. The Balaban J connectivity index is 2.53. The van der Waals surface area contributed by atoms with Crippen LogP contribution < -0.4 is 0 Å². The van der Waals surface area contributed by atoms with E-state index in [1.807, 2.05) is 11.3 Å². The first kappa shape index (κ1) is 10.2. The normalized spacial score (nSPS) is 13.7. The van der Waals surface area contributed by atoms with Gasteiger partial charge in [-0.2, -0.15) is 0 Å². The van der Waals surface area contributed by atoms with Crippen LogP contribution in [0.4, 0.5) is 0 Å². The summed E-state index contributed by atoms with van der Waals surface area (Å²) in [7, 11) is 0. The van der Waals surface area contributed by atoms with Crippen LogP contribution in [0, 0.1) is 5.92 Å². The van der Waals surface area contributed by atoms with E-state index in [-0.39, 0.29) is 0 Å². The van der Waals surface area contributed by atoms with Crippen molar-refractivity contribution in [2.45, 2.75) is 18.7 Å². The third-order valence-corrected chi connectivity index (χ3v) is 4.93. The molecule has 0 saturated carbocycles. The van der Waals surface area contributed by atoms with Crippen LogP contribution in [0.15, 0.2) is 29.6 Å². The predicted molar refractivity (Wildman–Crippen MR) is 68.3 cm³/mol. The molecule has 1 aromatic heterocycles. The van der Waals surface area contributed by atoms with E-state index in [0.29, 0.717) is 10.7 Å². The molecule has 0 bridgehead atoms. The van der Waals surface area contributed by atoms with Gasteiger partial charge in [0.05, 0.1) is 0 Å². The topological polar surface area (TPSA) is 0 Å². The Kier molecular flexibility index (Phi) is 2.93. The van der Waals surface area contributed by atoms with Crippen LogP contribution in [0.1, 0.15) is 24.2 Å². The molecule has 0 amide bonds. The van der Waals surface area contributed by atoms with E-state index in [0.717, 1.165) is 0 Å². The number of fused-ring (bicyclic) bond motifs is 1. The molecule has 1 unspecified atom stereocenters. The van der Waals surface area contributed by atoms with Gasteiger partial charge in [0.1, 0.15) is 0 Å². The molecule has 14 heavy (non-hydrogen) atoms. The largest absolute Gasteiger partial charge is 0.143 e. The number of rotatable bonds is 2. The molecular formula is C12H13BrS. The van der Waals surface area contributed by atoms with Crippen LogP contribution in [-0.2, 0) is 0 Å². The van der Waals surface area contributed by atoms with Crippen molar-refractivity contribution in [2.24, 2.45) is 5.92 Å². The zero-order valence-electron chi connectivity index (χ0n) is 8.33. The maximum absolute atomic E-state index is 3.76. The van der Waals surface area contributed by atoms with Gasteiger partial charge >= 0.3 is 0 Å².